The standard InChI is InChI=1S/C13H28N2O/c1-5-14-8-6-7-12(2)15-9-10-16-11-13(15,3)4/h12,14H,5-11H2,1-4H3. The number of ether oxygens (including phenoxy) is 1. The zero-order chi connectivity index (χ0) is 12.0. The molecule has 0 spiro atoms. The molecule has 0 radical (unpaired) electrons. The largest absolute Gasteiger partial charge is 0.378 e. The molecule has 0 aromatic rings. The number of nitrogens with zero attached hydrogens (tertiary/aromatic N) is 1. The third kappa shape index (κ3) is 4.04. The lowest BCUT2D eigenvalue weighted by Crippen LogP contribution is -2.56. The predicted molar refractivity (Wildman–Crippen MR) is 68.8 cm³/mol. The molecule has 16 heavy (non-hydrogen) atoms. The van der Waals surface area contributed by atoms with Gasteiger partial charge in [0, 0.05) is 18.1 Å². The Morgan fingerprint density at radius 3 is 2.81 bits per heavy atom. The first-order valence-electron chi connectivity index (χ1n) is 6.63. The van der Waals surface area contributed by atoms with Crippen molar-refractivity contribution in [3.63, 3.8) is 0 Å². The maximum atomic E-state index is 5.55. The van der Waals surface area contributed by atoms with Crippen LogP contribution in [0, 0.1) is 0 Å². The zero-order valence-electron chi connectivity index (χ0n) is 11.4. The lowest BCUT2D eigenvalue weighted by atomic mass is 9.98. The van der Waals surface area contributed by atoms with E-state index in [1.807, 2.05) is 0 Å². The topological polar surface area (TPSA) is 24.5 Å². The van der Waals surface area contributed by atoms with Gasteiger partial charge in [-0.05, 0) is 46.7 Å². The van der Waals surface area contributed by atoms with Crippen molar-refractivity contribution < 1.29 is 4.74 Å². The first-order chi connectivity index (χ1) is 7.58. The van der Waals surface area contributed by atoms with Gasteiger partial charge in [-0.15, -0.1) is 0 Å². The average molecular weight is 228 g/mol. The van der Waals surface area contributed by atoms with Crippen LogP contribution in [0.1, 0.15) is 40.5 Å². The third-order valence-corrected chi connectivity index (χ3v) is 3.47. The van der Waals surface area contributed by atoms with Crippen LogP contribution in [-0.4, -0.2) is 49.3 Å². The highest BCUT2D eigenvalue weighted by molar-refractivity contribution is 4.87. The molecule has 0 aromatic carbocycles. The van der Waals surface area contributed by atoms with Gasteiger partial charge in [0.15, 0.2) is 0 Å². The Hall–Kier alpha value is -0.120. The molecule has 0 aliphatic carbocycles. The van der Waals surface area contributed by atoms with E-state index in [0.717, 1.165) is 32.8 Å². The van der Waals surface area contributed by atoms with E-state index in [0.29, 0.717) is 6.04 Å². The van der Waals surface area contributed by atoms with Gasteiger partial charge in [0.25, 0.3) is 0 Å². The Labute approximate surface area is 101 Å². The molecule has 3 nitrogen and oxygen atoms in total. The summed E-state index contributed by atoms with van der Waals surface area (Å²) in [6.07, 6.45) is 2.54. The van der Waals surface area contributed by atoms with Crippen molar-refractivity contribution in [2.45, 2.75) is 52.1 Å². The summed E-state index contributed by atoms with van der Waals surface area (Å²) in [5, 5.41) is 3.38. The monoisotopic (exact) mass is 228 g/mol. The van der Waals surface area contributed by atoms with Crippen molar-refractivity contribution in [1.29, 1.82) is 0 Å². The van der Waals surface area contributed by atoms with Crippen molar-refractivity contribution in [2.24, 2.45) is 0 Å². The molecule has 0 aromatic heterocycles. The molecule has 1 aliphatic heterocycles. The SMILES string of the molecule is CCNCCCC(C)N1CCOCC1(C)C. The maximum absolute atomic E-state index is 5.55. The van der Waals surface area contributed by atoms with Gasteiger partial charge in [0.2, 0.25) is 0 Å². The Balaban J connectivity index is 2.31. The molecule has 1 saturated heterocycles. The maximum Gasteiger partial charge on any atom is 0.0645 e. The van der Waals surface area contributed by atoms with Crippen LogP contribution in [0.4, 0.5) is 0 Å². The summed E-state index contributed by atoms with van der Waals surface area (Å²) in [4.78, 5) is 2.60. The molecule has 0 bridgehead atoms. The van der Waals surface area contributed by atoms with E-state index in [2.05, 4.69) is 37.9 Å². The van der Waals surface area contributed by atoms with Crippen molar-refractivity contribution in [2.75, 3.05) is 32.8 Å². The molecular weight excluding hydrogens is 200 g/mol. The van der Waals surface area contributed by atoms with Gasteiger partial charge < -0.3 is 10.1 Å². The molecular formula is C13H28N2O. The number of nitrogens with one attached hydrogen (secondary N) is 1. The molecule has 1 N–H and O–H groups in total. The quantitative estimate of drug-likeness (QED) is 0.703. The average Bonchev–Trinajstić information content (AvgIpc) is 2.23. The van der Waals surface area contributed by atoms with Gasteiger partial charge >= 0.3 is 0 Å². The van der Waals surface area contributed by atoms with E-state index in [1.165, 1.54) is 12.8 Å². The molecule has 0 saturated carbocycles. The fourth-order valence-corrected chi connectivity index (χ4v) is 2.54. The molecule has 1 fully saturated rings. The highest BCUT2D eigenvalue weighted by Gasteiger charge is 2.33. The Morgan fingerprint density at radius 1 is 1.44 bits per heavy atom. The fraction of sp³-hybridized carbons (Fsp3) is 1.00. The number of rotatable bonds is 6. The summed E-state index contributed by atoms with van der Waals surface area (Å²) >= 11 is 0. The van der Waals surface area contributed by atoms with E-state index in [1.54, 1.807) is 0 Å². The van der Waals surface area contributed by atoms with Gasteiger partial charge in [-0.25, -0.2) is 0 Å². The van der Waals surface area contributed by atoms with E-state index in [9.17, 15) is 0 Å². The summed E-state index contributed by atoms with van der Waals surface area (Å²) in [5.74, 6) is 0. The van der Waals surface area contributed by atoms with E-state index in [4.69, 9.17) is 4.74 Å². The molecule has 1 aliphatic rings. The van der Waals surface area contributed by atoms with Gasteiger partial charge in [-0.1, -0.05) is 6.92 Å². The number of hydrogen-bond acceptors (Lipinski definition) is 3. The minimum absolute atomic E-state index is 0.204. The summed E-state index contributed by atoms with van der Waals surface area (Å²) in [7, 11) is 0. The van der Waals surface area contributed by atoms with E-state index >= 15 is 0 Å². The van der Waals surface area contributed by atoms with Crippen LogP contribution in [0.5, 0.6) is 0 Å². The highest BCUT2D eigenvalue weighted by atomic mass is 16.5. The predicted octanol–water partition coefficient (Wildman–Crippen LogP) is 1.88. The molecule has 1 atom stereocenters. The Kier molecular flexibility index (Phi) is 5.73. The third-order valence-electron chi connectivity index (χ3n) is 3.47. The van der Waals surface area contributed by atoms with Crippen LogP contribution in [0.3, 0.4) is 0 Å². The van der Waals surface area contributed by atoms with Gasteiger partial charge in [-0.3, -0.25) is 4.90 Å². The smallest absolute Gasteiger partial charge is 0.0645 e. The molecule has 1 rings (SSSR count). The minimum Gasteiger partial charge on any atom is -0.378 e. The normalized spacial score (nSPS) is 23.2. The first kappa shape index (κ1) is 13.9. The van der Waals surface area contributed by atoms with Crippen molar-refractivity contribution >= 4 is 0 Å². The van der Waals surface area contributed by atoms with Crippen LogP contribution < -0.4 is 5.32 Å². The van der Waals surface area contributed by atoms with Gasteiger partial charge in [-0.2, -0.15) is 0 Å². The van der Waals surface area contributed by atoms with E-state index in [-0.39, 0.29) is 5.54 Å². The van der Waals surface area contributed by atoms with Crippen LogP contribution in [0.2, 0.25) is 0 Å². The van der Waals surface area contributed by atoms with Crippen molar-refractivity contribution in [3.05, 3.63) is 0 Å². The van der Waals surface area contributed by atoms with Crippen molar-refractivity contribution in [3.8, 4) is 0 Å². The number of morpholine rings is 1. The van der Waals surface area contributed by atoms with Crippen LogP contribution >= 0.6 is 0 Å². The Bertz CT molecular complexity index is 194. The fourth-order valence-electron chi connectivity index (χ4n) is 2.54. The second-order valence-corrected chi connectivity index (χ2v) is 5.40. The lowest BCUT2D eigenvalue weighted by molar-refractivity contribution is -0.0701. The summed E-state index contributed by atoms with van der Waals surface area (Å²) in [6, 6.07) is 0.664. The highest BCUT2D eigenvalue weighted by Crippen LogP contribution is 2.23. The van der Waals surface area contributed by atoms with Crippen LogP contribution in [0.15, 0.2) is 0 Å². The van der Waals surface area contributed by atoms with Crippen LogP contribution in [-0.2, 0) is 4.74 Å². The van der Waals surface area contributed by atoms with E-state index < -0.39 is 0 Å². The molecule has 1 unspecified atom stereocenters. The summed E-state index contributed by atoms with van der Waals surface area (Å²) in [6.45, 7) is 14.1. The first-order valence-corrected chi connectivity index (χ1v) is 6.63. The van der Waals surface area contributed by atoms with Gasteiger partial charge in [0.1, 0.15) is 0 Å². The molecule has 0 amide bonds. The number of hydrogen-bond donors (Lipinski definition) is 1. The minimum atomic E-state index is 0.204. The van der Waals surface area contributed by atoms with Crippen molar-refractivity contribution in [1.82, 2.24) is 10.2 Å². The molecule has 1 heterocycles. The zero-order valence-corrected chi connectivity index (χ0v) is 11.4. The van der Waals surface area contributed by atoms with Crippen LogP contribution in [0.25, 0.3) is 0 Å². The molecule has 3 heteroatoms. The Morgan fingerprint density at radius 2 is 2.19 bits per heavy atom. The summed E-state index contributed by atoms with van der Waals surface area (Å²) < 4.78 is 5.55. The molecule has 96 valence electrons. The van der Waals surface area contributed by atoms with Gasteiger partial charge in [0.05, 0.1) is 13.2 Å². The lowest BCUT2D eigenvalue weighted by Gasteiger charge is -2.45. The summed E-state index contributed by atoms with van der Waals surface area (Å²) in [5.41, 5.74) is 0.204. The second-order valence-electron chi connectivity index (χ2n) is 5.40. The second kappa shape index (κ2) is 6.58.